The van der Waals surface area contributed by atoms with Crippen LogP contribution in [0.1, 0.15) is 24.3 Å². The van der Waals surface area contributed by atoms with Crippen LogP contribution in [0.15, 0.2) is 42.6 Å². The molecular weight excluding hydrogens is 338 g/mol. The van der Waals surface area contributed by atoms with E-state index < -0.39 is 0 Å². The third-order valence-electron chi connectivity index (χ3n) is 5.54. The number of hydrogen-bond acceptors (Lipinski definition) is 4. The minimum absolute atomic E-state index is 0.652. The molecule has 2 heterocycles. The number of benzene rings is 2. The number of aromatic amines is 1. The molecule has 0 atom stereocenters. The van der Waals surface area contributed by atoms with Crippen LogP contribution in [0, 0.1) is 0 Å². The fourth-order valence-electron chi connectivity index (χ4n) is 3.96. The van der Waals surface area contributed by atoms with E-state index in [0.717, 1.165) is 17.1 Å². The molecule has 4 rings (SSSR count). The van der Waals surface area contributed by atoms with Crippen LogP contribution in [0.25, 0.3) is 10.9 Å². The predicted molar refractivity (Wildman–Crippen MR) is 111 cm³/mol. The van der Waals surface area contributed by atoms with Crippen LogP contribution in [0.3, 0.4) is 0 Å². The Balaban J connectivity index is 1.56. The molecule has 1 aliphatic rings. The summed E-state index contributed by atoms with van der Waals surface area (Å²) in [7, 11) is 5.50. The maximum absolute atomic E-state index is 5.39. The quantitative estimate of drug-likeness (QED) is 0.686. The van der Waals surface area contributed by atoms with E-state index in [1.807, 2.05) is 18.2 Å². The summed E-state index contributed by atoms with van der Waals surface area (Å²) in [6.45, 7) is 2.35. The van der Waals surface area contributed by atoms with E-state index in [9.17, 15) is 0 Å². The minimum atomic E-state index is 0.652. The van der Waals surface area contributed by atoms with Crippen LogP contribution in [-0.4, -0.2) is 44.2 Å². The molecule has 0 radical (unpaired) electrons. The van der Waals surface area contributed by atoms with Crippen molar-refractivity contribution in [2.75, 3.05) is 39.7 Å². The molecule has 0 spiro atoms. The fourth-order valence-corrected chi connectivity index (χ4v) is 3.96. The third kappa shape index (κ3) is 3.60. The van der Waals surface area contributed by atoms with Gasteiger partial charge in [-0.15, -0.1) is 0 Å². The van der Waals surface area contributed by atoms with E-state index >= 15 is 0 Å². The molecular formula is C22H27N3O2. The first-order valence-electron chi connectivity index (χ1n) is 9.46. The van der Waals surface area contributed by atoms with Gasteiger partial charge >= 0.3 is 0 Å². The van der Waals surface area contributed by atoms with Crippen LogP contribution >= 0.6 is 0 Å². The molecule has 142 valence electrons. The number of hydrogen-bond donors (Lipinski definition) is 2. The highest BCUT2D eigenvalue weighted by Gasteiger charge is 2.21. The standard InChI is InChI=1S/C22H27N3O2/c1-25-10-8-15(9-11-25)19-14-23-20-12-16(4-6-18(19)20)24-17-5-7-21(26-2)22(13-17)27-3/h4-7,12-15,23-24H,8-11H2,1-3H3. The number of ether oxygens (including phenoxy) is 2. The molecule has 0 unspecified atom stereocenters. The lowest BCUT2D eigenvalue weighted by Gasteiger charge is -2.28. The zero-order valence-electron chi connectivity index (χ0n) is 16.2. The normalized spacial score (nSPS) is 15.8. The second-order valence-electron chi connectivity index (χ2n) is 7.28. The Morgan fingerprint density at radius 1 is 0.963 bits per heavy atom. The lowest BCUT2D eigenvalue weighted by molar-refractivity contribution is 0.256. The summed E-state index contributed by atoms with van der Waals surface area (Å²) >= 11 is 0. The SMILES string of the molecule is COc1ccc(Nc2ccc3c(C4CCN(C)CC4)c[nH]c3c2)cc1OC. The van der Waals surface area contributed by atoms with E-state index in [1.54, 1.807) is 14.2 Å². The van der Waals surface area contributed by atoms with Crippen LogP contribution in [0.5, 0.6) is 11.5 Å². The number of fused-ring (bicyclic) bond motifs is 1. The van der Waals surface area contributed by atoms with Crippen LogP contribution in [-0.2, 0) is 0 Å². The number of aromatic nitrogens is 1. The topological polar surface area (TPSA) is 49.5 Å². The maximum atomic E-state index is 5.39. The molecule has 1 fully saturated rings. The summed E-state index contributed by atoms with van der Waals surface area (Å²) < 4.78 is 10.7. The van der Waals surface area contributed by atoms with Crippen molar-refractivity contribution in [2.45, 2.75) is 18.8 Å². The van der Waals surface area contributed by atoms with Gasteiger partial charge in [-0.25, -0.2) is 0 Å². The first-order chi connectivity index (χ1) is 13.2. The zero-order valence-corrected chi connectivity index (χ0v) is 16.2. The monoisotopic (exact) mass is 365 g/mol. The molecule has 0 bridgehead atoms. The van der Waals surface area contributed by atoms with Gasteiger partial charge in [-0.2, -0.15) is 0 Å². The first-order valence-corrected chi connectivity index (χ1v) is 9.46. The summed E-state index contributed by atoms with van der Waals surface area (Å²) in [5, 5.41) is 4.79. The van der Waals surface area contributed by atoms with E-state index in [4.69, 9.17) is 9.47 Å². The second kappa shape index (κ2) is 7.53. The number of likely N-dealkylation sites (tertiary alicyclic amines) is 1. The van der Waals surface area contributed by atoms with Gasteiger partial charge in [0.25, 0.3) is 0 Å². The molecule has 1 saturated heterocycles. The number of anilines is 2. The maximum Gasteiger partial charge on any atom is 0.162 e. The summed E-state index contributed by atoms with van der Waals surface area (Å²) in [5.74, 6) is 2.10. The number of piperidine rings is 1. The fraction of sp³-hybridized carbons (Fsp3) is 0.364. The Morgan fingerprint density at radius 2 is 1.67 bits per heavy atom. The smallest absolute Gasteiger partial charge is 0.162 e. The molecule has 2 aromatic carbocycles. The van der Waals surface area contributed by atoms with Gasteiger partial charge in [0.05, 0.1) is 14.2 Å². The highest BCUT2D eigenvalue weighted by molar-refractivity contribution is 5.87. The number of nitrogens with zero attached hydrogens (tertiary/aromatic N) is 1. The molecule has 1 aromatic heterocycles. The average molecular weight is 365 g/mol. The van der Waals surface area contributed by atoms with Crippen LogP contribution < -0.4 is 14.8 Å². The summed E-state index contributed by atoms with van der Waals surface area (Å²) in [4.78, 5) is 5.88. The van der Waals surface area contributed by atoms with Gasteiger partial charge in [0, 0.05) is 34.5 Å². The van der Waals surface area contributed by atoms with Gasteiger partial charge < -0.3 is 24.7 Å². The molecule has 0 amide bonds. The van der Waals surface area contributed by atoms with E-state index in [0.29, 0.717) is 11.7 Å². The van der Waals surface area contributed by atoms with Crippen molar-refractivity contribution >= 4 is 22.3 Å². The third-order valence-corrected chi connectivity index (χ3v) is 5.54. The summed E-state index contributed by atoms with van der Waals surface area (Å²) in [5.41, 5.74) is 4.64. The molecule has 0 aliphatic carbocycles. The molecule has 27 heavy (non-hydrogen) atoms. The molecule has 0 saturated carbocycles. The van der Waals surface area contributed by atoms with Crippen molar-refractivity contribution in [3.05, 3.63) is 48.2 Å². The van der Waals surface area contributed by atoms with Crippen molar-refractivity contribution in [1.82, 2.24) is 9.88 Å². The van der Waals surface area contributed by atoms with Crippen LogP contribution in [0.4, 0.5) is 11.4 Å². The second-order valence-corrected chi connectivity index (χ2v) is 7.28. The number of H-pyrrole nitrogens is 1. The highest BCUT2D eigenvalue weighted by Crippen LogP contribution is 2.35. The number of rotatable bonds is 5. The summed E-state index contributed by atoms with van der Waals surface area (Å²) in [6, 6.07) is 12.4. The van der Waals surface area contributed by atoms with Crippen molar-refractivity contribution in [2.24, 2.45) is 0 Å². The largest absolute Gasteiger partial charge is 0.493 e. The lowest BCUT2D eigenvalue weighted by atomic mass is 9.89. The zero-order chi connectivity index (χ0) is 18.8. The molecule has 2 N–H and O–H groups in total. The Bertz CT molecular complexity index is 926. The van der Waals surface area contributed by atoms with Gasteiger partial charge in [0.2, 0.25) is 0 Å². The predicted octanol–water partition coefficient (Wildman–Crippen LogP) is 4.74. The molecule has 5 heteroatoms. The van der Waals surface area contributed by atoms with Gasteiger partial charge in [-0.1, -0.05) is 6.07 Å². The van der Waals surface area contributed by atoms with Crippen molar-refractivity contribution in [1.29, 1.82) is 0 Å². The first kappa shape index (κ1) is 17.7. The van der Waals surface area contributed by atoms with Gasteiger partial charge in [-0.3, -0.25) is 0 Å². The Kier molecular flexibility index (Phi) is 4.94. The minimum Gasteiger partial charge on any atom is -0.493 e. The Hall–Kier alpha value is -2.66. The van der Waals surface area contributed by atoms with Crippen molar-refractivity contribution < 1.29 is 9.47 Å². The van der Waals surface area contributed by atoms with Gasteiger partial charge in [0.1, 0.15) is 0 Å². The van der Waals surface area contributed by atoms with E-state index in [-0.39, 0.29) is 0 Å². The number of methoxy groups -OCH3 is 2. The van der Waals surface area contributed by atoms with E-state index in [2.05, 4.69) is 46.6 Å². The van der Waals surface area contributed by atoms with E-state index in [1.165, 1.54) is 42.4 Å². The highest BCUT2D eigenvalue weighted by atomic mass is 16.5. The van der Waals surface area contributed by atoms with Gasteiger partial charge in [-0.05, 0) is 68.7 Å². The lowest BCUT2D eigenvalue weighted by Crippen LogP contribution is -2.29. The average Bonchev–Trinajstić information content (AvgIpc) is 3.11. The summed E-state index contributed by atoms with van der Waals surface area (Å²) in [6.07, 6.45) is 4.66. The van der Waals surface area contributed by atoms with Gasteiger partial charge in [0.15, 0.2) is 11.5 Å². The van der Waals surface area contributed by atoms with Crippen LogP contribution in [0.2, 0.25) is 0 Å². The van der Waals surface area contributed by atoms with Crippen molar-refractivity contribution in [3.8, 4) is 11.5 Å². The Labute approximate surface area is 160 Å². The molecule has 3 aromatic rings. The Morgan fingerprint density at radius 3 is 2.41 bits per heavy atom. The molecule has 5 nitrogen and oxygen atoms in total. The van der Waals surface area contributed by atoms with Crippen molar-refractivity contribution in [3.63, 3.8) is 0 Å². The number of nitrogens with one attached hydrogen (secondary N) is 2. The molecule has 1 aliphatic heterocycles.